The normalized spacial score (nSPS) is 25.1. The van der Waals surface area contributed by atoms with Crippen LogP contribution in [0.3, 0.4) is 0 Å². The van der Waals surface area contributed by atoms with Crippen molar-refractivity contribution in [2.45, 2.75) is 32.3 Å². The van der Waals surface area contributed by atoms with Crippen LogP contribution in [0.25, 0.3) is 0 Å². The second kappa shape index (κ2) is 3.79. The summed E-state index contributed by atoms with van der Waals surface area (Å²) in [6.07, 6.45) is 1.15. The number of amides is 1. The van der Waals surface area contributed by atoms with Crippen LogP contribution in [0.2, 0.25) is 0 Å². The number of carbonyl (C=O) groups excluding carboxylic acids is 1. The van der Waals surface area contributed by atoms with Crippen molar-refractivity contribution in [3.63, 3.8) is 0 Å². The lowest BCUT2D eigenvalue weighted by Gasteiger charge is -2.22. The largest absolute Gasteiger partial charge is 0.508 e. The molecular formula is C12H15NO3. The van der Waals surface area contributed by atoms with Crippen LogP contribution in [0.5, 0.6) is 5.75 Å². The van der Waals surface area contributed by atoms with Crippen LogP contribution in [0.4, 0.5) is 5.69 Å². The molecule has 1 aromatic rings. The summed E-state index contributed by atoms with van der Waals surface area (Å²) in [6, 6.07) is 6.49. The quantitative estimate of drug-likeness (QED) is 0.833. The van der Waals surface area contributed by atoms with Crippen LogP contribution >= 0.6 is 0 Å². The molecule has 0 saturated carbocycles. The molecule has 16 heavy (non-hydrogen) atoms. The number of anilines is 1. The van der Waals surface area contributed by atoms with Crippen molar-refractivity contribution in [3.05, 3.63) is 24.3 Å². The Morgan fingerprint density at radius 2 is 2.31 bits per heavy atom. The fourth-order valence-electron chi connectivity index (χ4n) is 1.70. The van der Waals surface area contributed by atoms with Crippen molar-refractivity contribution in [2.75, 3.05) is 5.06 Å². The number of carbonyl (C=O) groups is 1. The molecule has 1 aromatic carbocycles. The van der Waals surface area contributed by atoms with Gasteiger partial charge in [0.2, 0.25) is 0 Å². The predicted octanol–water partition coefficient (Wildman–Crippen LogP) is 2.23. The van der Waals surface area contributed by atoms with Gasteiger partial charge in [0.15, 0.2) is 0 Å². The van der Waals surface area contributed by atoms with E-state index in [1.807, 2.05) is 13.8 Å². The smallest absolute Gasteiger partial charge is 0.253 e. The third kappa shape index (κ3) is 1.88. The van der Waals surface area contributed by atoms with E-state index in [0.717, 1.165) is 6.42 Å². The molecule has 0 aromatic heterocycles. The van der Waals surface area contributed by atoms with Gasteiger partial charge in [-0.1, -0.05) is 13.0 Å². The molecule has 1 heterocycles. The van der Waals surface area contributed by atoms with Crippen LogP contribution in [-0.4, -0.2) is 16.6 Å². The van der Waals surface area contributed by atoms with Gasteiger partial charge in [0.05, 0.1) is 12.1 Å². The number of rotatable bonds is 2. The third-order valence-electron chi connectivity index (χ3n) is 2.88. The Kier molecular flexibility index (Phi) is 2.59. The zero-order valence-corrected chi connectivity index (χ0v) is 9.43. The van der Waals surface area contributed by atoms with Gasteiger partial charge in [-0.05, 0) is 25.5 Å². The number of benzene rings is 1. The van der Waals surface area contributed by atoms with Gasteiger partial charge in [-0.15, -0.1) is 0 Å². The van der Waals surface area contributed by atoms with E-state index in [9.17, 15) is 9.90 Å². The Morgan fingerprint density at radius 3 is 2.88 bits per heavy atom. The molecule has 1 amide bonds. The molecule has 1 aliphatic rings. The number of phenolic OH excluding ortho intramolecular Hbond substituents is 1. The lowest BCUT2D eigenvalue weighted by Crippen LogP contribution is -2.27. The second-order valence-corrected chi connectivity index (χ2v) is 4.28. The lowest BCUT2D eigenvalue weighted by molar-refractivity contribution is -0.119. The first-order valence-corrected chi connectivity index (χ1v) is 5.35. The minimum absolute atomic E-state index is 0.0741. The summed E-state index contributed by atoms with van der Waals surface area (Å²) in [7, 11) is 0. The maximum atomic E-state index is 11.8. The van der Waals surface area contributed by atoms with Crippen LogP contribution in [0.15, 0.2) is 24.3 Å². The van der Waals surface area contributed by atoms with Crippen molar-refractivity contribution >= 4 is 11.6 Å². The highest BCUT2D eigenvalue weighted by atomic mass is 16.7. The molecule has 1 atom stereocenters. The van der Waals surface area contributed by atoms with Crippen molar-refractivity contribution in [2.24, 2.45) is 0 Å². The molecular weight excluding hydrogens is 206 g/mol. The number of hydroxylamine groups is 1. The van der Waals surface area contributed by atoms with Gasteiger partial charge in [-0.2, -0.15) is 5.06 Å². The molecule has 1 unspecified atom stereocenters. The Balaban J connectivity index is 2.27. The average molecular weight is 221 g/mol. The van der Waals surface area contributed by atoms with Crippen molar-refractivity contribution in [1.29, 1.82) is 0 Å². The standard InChI is InChI=1S/C12H15NO3/c1-3-12(2)8-11(15)13(16-12)9-5-4-6-10(14)7-9/h4-7,14H,3,8H2,1-2H3. The van der Waals surface area contributed by atoms with Gasteiger partial charge in [-0.25, -0.2) is 0 Å². The molecule has 1 fully saturated rings. The fraction of sp³-hybridized carbons (Fsp3) is 0.417. The molecule has 0 spiro atoms. The van der Waals surface area contributed by atoms with Gasteiger partial charge in [-0.3, -0.25) is 9.63 Å². The highest BCUT2D eigenvalue weighted by molar-refractivity contribution is 5.93. The van der Waals surface area contributed by atoms with E-state index in [2.05, 4.69) is 0 Å². The highest BCUT2D eigenvalue weighted by Gasteiger charge is 2.40. The summed E-state index contributed by atoms with van der Waals surface area (Å²) in [5, 5.41) is 10.6. The zero-order valence-electron chi connectivity index (χ0n) is 9.43. The number of phenols is 1. The van der Waals surface area contributed by atoms with Gasteiger partial charge < -0.3 is 5.11 Å². The Labute approximate surface area is 94.4 Å². The first-order chi connectivity index (χ1) is 7.54. The van der Waals surface area contributed by atoms with Crippen molar-refractivity contribution in [3.8, 4) is 5.75 Å². The molecule has 4 heteroatoms. The number of hydrogen-bond acceptors (Lipinski definition) is 3. The molecule has 0 aliphatic carbocycles. The molecule has 1 N–H and O–H groups in total. The van der Waals surface area contributed by atoms with Gasteiger partial charge in [0, 0.05) is 6.07 Å². The fourth-order valence-corrected chi connectivity index (χ4v) is 1.70. The maximum absolute atomic E-state index is 11.8. The summed E-state index contributed by atoms with van der Waals surface area (Å²) >= 11 is 0. The number of hydrogen-bond donors (Lipinski definition) is 1. The van der Waals surface area contributed by atoms with Gasteiger partial charge >= 0.3 is 0 Å². The minimum Gasteiger partial charge on any atom is -0.508 e. The number of aromatic hydroxyl groups is 1. The summed E-state index contributed by atoms with van der Waals surface area (Å²) in [5.74, 6) is 0.0500. The highest BCUT2D eigenvalue weighted by Crippen LogP contribution is 2.34. The van der Waals surface area contributed by atoms with E-state index in [-0.39, 0.29) is 11.7 Å². The Bertz CT molecular complexity index is 418. The maximum Gasteiger partial charge on any atom is 0.253 e. The SMILES string of the molecule is CCC1(C)CC(=O)N(c2cccc(O)c2)O1. The summed E-state index contributed by atoms with van der Waals surface area (Å²) in [5.41, 5.74) is 0.143. The van der Waals surface area contributed by atoms with E-state index in [0.29, 0.717) is 12.1 Å². The zero-order chi connectivity index (χ0) is 11.8. The molecule has 1 saturated heterocycles. The van der Waals surface area contributed by atoms with E-state index in [1.54, 1.807) is 18.2 Å². The first kappa shape index (κ1) is 11.0. The Morgan fingerprint density at radius 1 is 1.56 bits per heavy atom. The molecule has 0 bridgehead atoms. The molecule has 2 rings (SSSR count). The van der Waals surface area contributed by atoms with Crippen LogP contribution in [0.1, 0.15) is 26.7 Å². The lowest BCUT2D eigenvalue weighted by atomic mass is 10.0. The molecule has 4 nitrogen and oxygen atoms in total. The van der Waals surface area contributed by atoms with Crippen LogP contribution in [0, 0.1) is 0 Å². The van der Waals surface area contributed by atoms with E-state index in [1.165, 1.54) is 11.1 Å². The monoisotopic (exact) mass is 221 g/mol. The summed E-state index contributed by atoms with van der Waals surface area (Å²) < 4.78 is 0. The van der Waals surface area contributed by atoms with Gasteiger partial charge in [0.25, 0.3) is 5.91 Å². The second-order valence-electron chi connectivity index (χ2n) is 4.28. The third-order valence-corrected chi connectivity index (χ3v) is 2.88. The van der Waals surface area contributed by atoms with E-state index >= 15 is 0 Å². The number of nitrogens with zero attached hydrogens (tertiary/aromatic N) is 1. The predicted molar refractivity (Wildman–Crippen MR) is 60.0 cm³/mol. The molecule has 86 valence electrons. The van der Waals surface area contributed by atoms with Crippen molar-refractivity contribution in [1.82, 2.24) is 0 Å². The molecule has 0 radical (unpaired) electrons. The first-order valence-electron chi connectivity index (χ1n) is 5.35. The Hall–Kier alpha value is -1.55. The summed E-state index contributed by atoms with van der Waals surface area (Å²) in [6.45, 7) is 3.90. The average Bonchev–Trinajstić information content (AvgIpc) is 2.55. The van der Waals surface area contributed by atoms with Crippen LogP contribution < -0.4 is 5.06 Å². The van der Waals surface area contributed by atoms with E-state index < -0.39 is 5.60 Å². The van der Waals surface area contributed by atoms with E-state index in [4.69, 9.17) is 4.84 Å². The van der Waals surface area contributed by atoms with Gasteiger partial charge in [0.1, 0.15) is 11.4 Å². The topological polar surface area (TPSA) is 49.8 Å². The molecule has 1 aliphatic heterocycles. The van der Waals surface area contributed by atoms with Crippen LogP contribution in [-0.2, 0) is 9.63 Å². The van der Waals surface area contributed by atoms with Crippen molar-refractivity contribution < 1.29 is 14.7 Å². The summed E-state index contributed by atoms with van der Waals surface area (Å²) in [4.78, 5) is 17.4. The minimum atomic E-state index is -0.428.